The van der Waals surface area contributed by atoms with Crippen LogP contribution in [0.3, 0.4) is 0 Å². The molecule has 0 unspecified atom stereocenters. The number of carbonyl (C=O) groups excluding carboxylic acids is 1. The molecule has 0 saturated carbocycles. The number of aldehydes is 1. The summed E-state index contributed by atoms with van der Waals surface area (Å²) in [5.41, 5.74) is 0.279. The SMILES string of the molecule is O=Cc1c(Cl)ncnc1NC1CCS(=O)CC1. The van der Waals surface area contributed by atoms with Gasteiger partial charge in [-0.25, -0.2) is 9.97 Å². The lowest BCUT2D eigenvalue weighted by molar-refractivity contribution is 0.112. The van der Waals surface area contributed by atoms with E-state index in [-0.39, 0.29) is 16.8 Å². The van der Waals surface area contributed by atoms with Gasteiger partial charge in [-0.15, -0.1) is 0 Å². The molecule has 0 amide bonds. The van der Waals surface area contributed by atoms with E-state index in [0.717, 1.165) is 12.8 Å². The second kappa shape index (κ2) is 5.55. The highest BCUT2D eigenvalue weighted by Gasteiger charge is 2.19. The first-order valence-corrected chi connectivity index (χ1v) is 7.14. The van der Waals surface area contributed by atoms with E-state index in [2.05, 4.69) is 15.3 Å². The zero-order valence-corrected chi connectivity index (χ0v) is 10.6. The molecule has 0 aliphatic carbocycles. The number of halogens is 1. The minimum Gasteiger partial charge on any atom is -0.367 e. The molecule has 1 fully saturated rings. The van der Waals surface area contributed by atoms with Gasteiger partial charge in [0.25, 0.3) is 0 Å². The molecule has 92 valence electrons. The van der Waals surface area contributed by atoms with E-state index in [9.17, 15) is 9.00 Å². The van der Waals surface area contributed by atoms with E-state index in [4.69, 9.17) is 11.6 Å². The Morgan fingerprint density at radius 3 is 2.76 bits per heavy atom. The van der Waals surface area contributed by atoms with Gasteiger partial charge in [0, 0.05) is 28.3 Å². The average molecular weight is 274 g/mol. The fraction of sp³-hybridized carbons (Fsp3) is 0.500. The van der Waals surface area contributed by atoms with Crippen LogP contribution in [0.4, 0.5) is 5.82 Å². The standard InChI is InChI=1S/C10H12ClN3O2S/c11-9-8(5-15)10(13-6-12-9)14-7-1-3-17(16)4-2-7/h5-7H,1-4H2,(H,12,13,14). The monoisotopic (exact) mass is 273 g/mol. The van der Waals surface area contributed by atoms with E-state index >= 15 is 0 Å². The number of hydrogen-bond donors (Lipinski definition) is 1. The Hall–Kier alpha value is -1.01. The second-order valence-corrected chi connectivity index (χ2v) is 5.87. The van der Waals surface area contributed by atoms with Crippen molar-refractivity contribution in [3.8, 4) is 0 Å². The van der Waals surface area contributed by atoms with Gasteiger partial charge in [-0.1, -0.05) is 11.6 Å². The molecule has 17 heavy (non-hydrogen) atoms. The van der Waals surface area contributed by atoms with Gasteiger partial charge < -0.3 is 5.32 Å². The molecule has 7 heteroatoms. The molecule has 0 atom stereocenters. The van der Waals surface area contributed by atoms with Crippen LogP contribution in [-0.4, -0.2) is 38.0 Å². The number of hydrogen-bond acceptors (Lipinski definition) is 5. The van der Waals surface area contributed by atoms with E-state index < -0.39 is 10.8 Å². The van der Waals surface area contributed by atoms with Gasteiger partial charge >= 0.3 is 0 Å². The summed E-state index contributed by atoms with van der Waals surface area (Å²) in [5, 5.41) is 3.31. The number of nitrogens with zero attached hydrogens (tertiary/aromatic N) is 2. The number of carbonyl (C=O) groups is 1. The van der Waals surface area contributed by atoms with E-state index in [1.807, 2.05) is 0 Å². The number of anilines is 1. The van der Waals surface area contributed by atoms with Crippen molar-refractivity contribution in [3.05, 3.63) is 17.0 Å². The van der Waals surface area contributed by atoms with Crippen molar-refractivity contribution in [2.75, 3.05) is 16.8 Å². The van der Waals surface area contributed by atoms with E-state index in [0.29, 0.717) is 23.6 Å². The quantitative estimate of drug-likeness (QED) is 0.663. The van der Waals surface area contributed by atoms with E-state index in [1.165, 1.54) is 6.33 Å². The zero-order chi connectivity index (χ0) is 12.3. The van der Waals surface area contributed by atoms with Crippen molar-refractivity contribution in [2.24, 2.45) is 0 Å². The van der Waals surface area contributed by atoms with Crippen LogP contribution in [0.15, 0.2) is 6.33 Å². The molecule has 0 aromatic carbocycles. The normalized spacial score (nSPS) is 24.3. The molecule has 2 rings (SSSR count). The summed E-state index contributed by atoms with van der Waals surface area (Å²) in [6.07, 6.45) is 3.59. The number of rotatable bonds is 3. The average Bonchev–Trinajstić information content (AvgIpc) is 2.32. The number of nitrogens with one attached hydrogen (secondary N) is 1. The van der Waals surface area contributed by atoms with Gasteiger partial charge in [-0.3, -0.25) is 9.00 Å². The Bertz CT molecular complexity index is 445. The Balaban J connectivity index is 2.10. The Labute approximate surface area is 106 Å². The molecule has 5 nitrogen and oxygen atoms in total. The summed E-state index contributed by atoms with van der Waals surface area (Å²) in [6.45, 7) is 0. The molecule has 0 spiro atoms. The van der Waals surface area contributed by atoms with Crippen LogP contribution in [0.1, 0.15) is 23.2 Å². The molecule has 1 aliphatic rings. The Kier molecular flexibility index (Phi) is 4.06. The lowest BCUT2D eigenvalue weighted by Gasteiger charge is -2.23. The van der Waals surface area contributed by atoms with Crippen molar-refractivity contribution < 1.29 is 9.00 Å². The van der Waals surface area contributed by atoms with Crippen LogP contribution >= 0.6 is 11.6 Å². The van der Waals surface area contributed by atoms with Crippen molar-refractivity contribution in [1.82, 2.24) is 9.97 Å². The molecule has 0 radical (unpaired) electrons. The summed E-state index contributed by atoms with van der Waals surface area (Å²) >= 11 is 5.80. The Morgan fingerprint density at radius 2 is 2.12 bits per heavy atom. The minimum absolute atomic E-state index is 0.150. The molecule has 0 bridgehead atoms. The summed E-state index contributed by atoms with van der Waals surface area (Å²) in [5.74, 6) is 1.83. The lowest BCUT2D eigenvalue weighted by atomic mass is 10.1. The van der Waals surface area contributed by atoms with Gasteiger partial charge in [0.15, 0.2) is 6.29 Å². The molecular weight excluding hydrogens is 262 g/mol. The smallest absolute Gasteiger partial charge is 0.156 e. The van der Waals surface area contributed by atoms with Crippen molar-refractivity contribution >= 4 is 34.5 Å². The van der Waals surface area contributed by atoms with E-state index in [1.54, 1.807) is 0 Å². The third-order valence-corrected chi connectivity index (χ3v) is 4.37. The maximum atomic E-state index is 11.2. The summed E-state index contributed by atoms with van der Waals surface area (Å²) < 4.78 is 11.2. The van der Waals surface area contributed by atoms with Crippen LogP contribution in [0.25, 0.3) is 0 Å². The van der Waals surface area contributed by atoms with Crippen molar-refractivity contribution in [3.63, 3.8) is 0 Å². The third kappa shape index (κ3) is 3.01. The molecule has 2 heterocycles. The molecule has 1 N–H and O–H groups in total. The predicted octanol–water partition coefficient (Wildman–Crippen LogP) is 1.27. The van der Waals surface area contributed by atoms with Gasteiger partial charge in [0.05, 0.1) is 5.56 Å². The van der Waals surface area contributed by atoms with Gasteiger partial charge in [0.2, 0.25) is 0 Å². The molecule has 1 aromatic rings. The number of aromatic nitrogens is 2. The van der Waals surface area contributed by atoms with Crippen LogP contribution < -0.4 is 5.32 Å². The maximum Gasteiger partial charge on any atom is 0.156 e. The largest absolute Gasteiger partial charge is 0.367 e. The molecule has 1 aliphatic heterocycles. The fourth-order valence-corrected chi connectivity index (χ4v) is 3.20. The lowest BCUT2D eigenvalue weighted by Crippen LogP contribution is -2.30. The summed E-state index contributed by atoms with van der Waals surface area (Å²) in [7, 11) is -0.699. The second-order valence-electron chi connectivity index (χ2n) is 3.81. The first-order valence-electron chi connectivity index (χ1n) is 5.28. The van der Waals surface area contributed by atoms with Crippen molar-refractivity contribution in [2.45, 2.75) is 18.9 Å². The fourth-order valence-electron chi connectivity index (χ4n) is 1.73. The molecule has 1 saturated heterocycles. The van der Waals surface area contributed by atoms with Crippen LogP contribution in [0, 0.1) is 0 Å². The Morgan fingerprint density at radius 1 is 1.41 bits per heavy atom. The highest BCUT2D eigenvalue weighted by molar-refractivity contribution is 7.85. The topological polar surface area (TPSA) is 72.0 Å². The molecular formula is C10H12ClN3O2S. The molecule has 1 aromatic heterocycles. The van der Waals surface area contributed by atoms with Crippen LogP contribution in [0.5, 0.6) is 0 Å². The first kappa shape index (κ1) is 12.4. The third-order valence-electron chi connectivity index (χ3n) is 2.68. The minimum atomic E-state index is -0.699. The highest BCUT2D eigenvalue weighted by atomic mass is 35.5. The maximum absolute atomic E-state index is 11.2. The predicted molar refractivity (Wildman–Crippen MR) is 67.0 cm³/mol. The van der Waals surface area contributed by atoms with Crippen molar-refractivity contribution in [1.29, 1.82) is 0 Å². The zero-order valence-electron chi connectivity index (χ0n) is 9.06. The first-order chi connectivity index (χ1) is 8.20. The summed E-state index contributed by atoms with van der Waals surface area (Å²) in [4.78, 5) is 18.6. The van der Waals surface area contributed by atoms with Gasteiger partial charge in [-0.05, 0) is 12.8 Å². The summed E-state index contributed by atoms with van der Waals surface area (Å²) in [6, 6.07) is 0.192. The highest BCUT2D eigenvalue weighted by Crippen LogP contribution is 2.20. The van der Waals surface area contributed by atoms with Crippen LogP contribution in [-0.2, 0) is 10.8 Å². The van der Waals surface area contributed by atoms with Gasteiger partial charge in [-0.2, -0.15) is 0 Å². The van der Waals surface area contributed by atoms with Crippen LogP contribution in [0.2, 0.25) is 5.15 Å². The van der Waals surface area contributed by atoms with Gasteiger partial charge in [0.1, 0.15) is 17.3 Å².